The first kappa shape index (κ1) is 10.4. The minimum Gasteiger partial charge on any atom is -0.256 e. The van der Waals surface area contributed by atoms with Gasteiger partial charge in [-0.15, -0.1) is 0 Å². The lowest BCUT2D eigenvalue weighted by molar-refractivity contribution is 1.28. The summed E-state index contributed by atoms with van der Waals surface area (Å²) in [5.74, 6) is 0. The van der Waals surface area contributed by atoms with E-state index in [1.54, 1.807) is 6.20 Å². The number of nitrogens with zero attached hydrogens (tertiary/aromatic N) is 1. The first-order chi connectivity index (χ1) is 7.90. The maximum absolute atomic E-state index is 4.31. The largest absolute Gasteiger partial charge is 0.256 e. The zero-order chi connectivity index (χ0) is 11.2. The van der Waals surface area contributed by atoms with Gasteiger partial charge in [0.15, 0.2) is 0 Å². The maximum Gasteiger partial charge on any atom is 0.0701 e. The molecule has 0 aliphatic heterocycles. The van der Waals surface area contributed by atoms with E-state index in [4.69, 9.17) is 0 Å². The number of allylic oxidation sites excluding steroid dienone is 2. The van der Waals surface area contributed by atoms with Gasteiger partial charge in [-0.2, -0.15) is 0 Å². The van der Waals surface area contributed by atoms with E-state index in [9.17, 15) is 0 Å². The van der Waals surface area contributed by atoms with E-state index in [0.717, 1.165) is 16.8 Å². The molecule has 2 aromatic rings. The molecular weight excluding hydrogens is 194 g/mol. The van der Waals surface area contributed by atoms with Crippen molar-refractivity contribution in [1.29, 1.82) is 0 Å². The molecule has 78 valence electrons. The van der Waals surface area contributed by atoms with Gasteiger partial charge < -0.3 is 0 Å². The summed E-state index contributed by atoms with van der Waals surface area (Å²) in [5.41, 5.74) is 3.14. The lowest BCUT2D eigenvalue weighted by Gasteiger charge is -2.01. The SMILES string of the molecule is C=CC(=Cc1ccccc1)c1ccccn1. The van der Waals surface area contributed by atoms with Crippen LogP contribution in [0.25, 0.3) is 11.6 Å². The molecule has 0 amide bonds. The molecule has 0 saturated heterocycles. The lowest BCUT2D eigenvalue weighted by atomic mass is 10.1. The standard InChI is InChI=1S/C15H13N/c1-2-14(15-10-6-7-11-16-15)12-13-8-4-3-5-9-13/h2-12H,1H2. The summed E-state index contributed by atoms with van der Waals surface area (Å²) in [7, 11) is 0. The fourth-order valence-corrected chi connectivity index (χ4v) is 1.50. The Balaban J connectivity index is 2.38. The molecule has 1 heterocycles. The van der Waals surface area contributed by atoms with Crippen LogP contribution < -0.4 is 0 Å². The molecule has 0 spiro atoms. The van der Waals surface area contributed by atoms with Gasteiger partial charge in [0.25, 0.3) is 0 Å². The predicted molar refractivity (Wildman–Crippen MR) is 68.7 cm³/mol. The summed E-state index contributed by atoms with van der Waals surface area (Å²) in [4.78, 5) is 4.31. The molecule has 0 bridgehead atoms. The van der Waals surface area contributed by atoms with Gasteiger partial charge in [0.05, 0.1) is 5.69 Å². The van der Waals surface area contributed by atoms with Gasteiger partial charge in [0.1, 0.15) is 0 Å². The number of pyridine rings is 1. The number of aromatic nitrogens is 1. The monoisotopic (exact) mass is 207 g/mol. The van der Waals surface area contributed by atoms with Gasteiger partial charge in [-0.25, -0.2) is 0 Å². The van der Waals surface area contributed by atoms with Gasteiger partial charge in [-0.3, -0.25) is 4.98 Å². The highest BCUT2D eigenvalue weighted by Gasteiger charge is 1.97. The average molecular weight is 207 g/mol. The van der Waals surface area contributed by atoms with Crippen LogP contribution >= 0.6 is 0 Å². The molecular formula is C15H13N. The fourth-order valence-electron chi connectivity index (χ4n) is 1.50. The van der Waals surface area contributed by atoms with E-state index < -0.39 is 0 Å². The van der Waals surface area contributed by atoms with Crippen LogP contribution in [0.5, 0.6) is 0 Å². The molecule has 2 rings (SSSR count). The molecule has 0 aliphatic carbocycles. The Morgan fingerprint density at radius 1 is 1.00 bits per heavy atom. The molecule has 0 N–H and O–H groups in total. The first-order valence-corrected chi connectivity index (χ1v) is 5.21. The van der Waals surface area contributed by atoms with Crippen molar-refractivity contribution in [1.82, 2.24) is 4.98 Å². The van der Waals surface area contributed by atoms with Crippen molar-refractivity contribution in [2.24, 2.45) is 0 Å². The number of rotatable bonds is 3. The van der Waals surface area contributed by atoms with Crippen LogP contribution in [-0.4, -0.2) is 4.98 Å². The van der Waals surface area contributed by atoms with Crippen LogP contribution in [0.3, 0.4) is 0 Å². The van der Waals surface area contributed by atoms with Crippen molar-refractivity contribution in [3.05, 3.63) is 78.6 Å². The van der Waals surface area contributed by atoms with Crippen LogP contribution in [0.1, 0.15) is 11.3 Å². The fraction of sp³-hybridized carbons (Fsp3) is 0. The van der Waals surface area contributed by atoms with Crippen molar-refractivity contribution in [3.8, 4) is 0 Å². The van der Waals surface area contributed by atoms with E-state index in [0.29, 0.717) is 0 Å². The van der Waals surface area contributed by atoms with Crippen molar-refractivity contribution in [2.45, 2.75) is 0 Å². The minimum absolute atomic E-state index is 0.946. The Kier molecular flexibility index (Phi) is 3.29. The maximum atomic E-state index is 4.31. The highest BCUT2D eigenvalue weighted by atomic mass is 14.7. The Hall–Kier alpha value is -2.15. The topological polar surface area (TPSA) is 12.9 Å². The molecule has 0 fully saturated rings. The Labute approximate surface area is 95.8 Å². The van der Waals surface area contributed by atoms with Crippen molar-refractivity contribution in [2.75, 3.05) is 0 Å². The van der Waals surface area contributed by atoms with Crippen LogP contribution in [0, 0.1) is 0 Å². The van der Waals surface area contributed by atoms with Crippen molar-refractivity contribution < 1.29 is 0 Å². The molecule has 0 unspecified atom stereocenters. The molecule has 0 radical (unpaired) electrons. The highest BCUT2D eigenvalue weighted by Crippen LogP contribution is 2.16. The smallest absolute Gasteiger partial charge is 0.0701 e. The molecule has 0 atom stereocenters. The Bertz CT molecular complexity index is 483. The number of hydrogen-bond donors (Lipinski definition) is 0. The van der Waals surface area contributed by atoms with Gasteiger partial charge in [-0.1, -0.05) is 49.1 Å². The summed E-state index contributed by atoms with van der Waals surface area (Å²) in [5, 5.41) is 0. The lowest BCUT2D eigenvalue weighted by Crippen LogP contribution is -1.84. The first-order valence-electron chi connectivity index (χ1n) is 5.21. The van der Waals surface area contributed by atoms with Crippen LogP contribution in [0.4, 0.5) is 0 Å². The molecule has 0 saturated carbocycles. The van der Waals surface area contributed by atoms with Crippen molar-refractivity contribution >= 4 is 11.6 Å². The van der Waals surface area contributed by atoms with E-state index in [-0.39, 0.29) is 0 Å². The summed E-state index contributed by atoms with van der Waals surface area (Å²) in [6.07, 6.45) is 5.70. The van der Waals surface area contributed by atoms with Crippen LogP contribution in [-0.2, 0) is 0 Å². The van der Waals surface area contributed by atoms with Gasteiger partial charge in [0, 0.05) is 11.8 Å². The quantitative estimate of drug-likeness (QED) is 0.697. The molecule has 1 nitrogen and oxygen atoms in total. The van der Waals surface area contributed by atoms with E-state index in [1.165, 1.54) is 0 Å². The molecule has 0 aliphatic rings. The summed E-state index contributed by atoms with van der Waals surface area (Å²) in [6, 6.07) is 16.0. The second kappa shape index (κ2) is 5.08. The Morgan fingerprint density at radius 3 is 2.38 bits per heavy atom. The minimum atomic E-state index is 0.946. The van der Waals surface area contributed by atoms with E-state index in [2.05, 4.69) is 29.8 Å². The van der Waals surface area contributed by atoms with E-state index >= 15 is 0 Å². The third-order valence-corrected chi connectivity index (χ3v) is 2.30. The highest BCUT2D eigenvalue weighted by molar-refractivity contribution is 5.85. The molecule has 1 heteroatoms. The normalized spacial score (nSPS) is 11.1. The second-order valence-corrected chi connectivity index (χ2v) is 3.43. The second-order valence-electron chi connectivity index (χ2n) is 3.43. The molecule has 16 heavy (non-hydrogen) atoms. The average Bonchev–Trinajstić information content (AvgIpc) is 2.38. The van der Waals surface area contributed by atoms with Crippen LogP contribution in [0.15, 0.2) is 67.4 Å². The molecule has 1 aromatic carbocycles. The van der Waals surface area contributed by atoms with Gasteiger partial charge in [0.2, 0.25) is 0 Å². The predicted octanol–water partition coefficient (Wildman–Crippen LogP) is 3.81. The number of hydrogen-bond acceptors (Lipinski definition) is 1. The van der Waals surface area contributed by atoms with Crippen LogP contribution in [0.2, 0.25) is 0 Å². The van der Waals surface area contributed by atoms with Gasteiger partial charge >= 0.3 is 0 Å². The zero-order valence-electron chi connectivity index (χ0n) is 9.01. The molecule has 1 aromatic heterocycles. The zero-order valence-corrected chi connectivity index (χ0v) is 9.01. The summed E-state index contributed by atoms with van der Waals surface area (Å²) < 4.78 is 0. The van der Waals surface area contributed by atoms with Gasteiger partial charge in [-0.05, 0) is 23.8 Å². The third-order valence-electron chi connectivity index (χ3n) is 2.30. The summed E-state index contributed by atoms with van der Waals surface area (Å²) >= 11 is 0. The Morgan fingerprint density at radius 2 is 1.75 bits per heavy atom. The number of benzene rings is 1. The summed E-state index contributed by atoms with van der Waals surface area (Å²) in [6.45, 7) is 3.83. The van der Waals surface area contributed by atoms with Crippen molar-refractivity contribution in [3.63, 3.8) is 0 Å². The van der Waals surface area contributed by atoms with E-state index in [1.807, 2.05) is 42.5 Å². The third kappa shape index (κ3) is 2.45.